The number of carbonyl (C=O) groups excluding carboxylic acids is 1. The molecule has 2 aromatic heterocycles. The third-order valence-corrected chi connectivity index (χ3v) is 9.58. The molecule has 0 aliphatic carbocycles. The first kappa shape index (κ1) is 29.4. The van der Waals surface area contributed by atoms with Crippen molar-refractivity contribution in [1.29, 1.82) is 0 Å². The molecule has 0 saturated carbocycles. The van der Waals surface area contributed by atoms with Gasteiger partial charge in [0.25, 0.3) is 0 Å². The van der Waals surface area contributed by atoms with Crippen LogP contribution >= 0.6 is 11.6 Å². The molecule has 2 aliphatic heterocycles. The number of nitrogens with zero attached hydrogens (tertiary/aromatic N) is 3. The van der Waals surface area contributed by atoms with E-state index < -0.39 is 31.7 Å². The number of anilines is 1. The van der Waals surface area contributed by atoms with Gasteiger partial charge >= 0.3 is 6.18 Å². The van der Waals surface area contributed by atoms with Crippen LogP contribution in [-0.2, 0) is 22.4 Å². The van der Waals surface area contributed by atoms with E-state index in [9.17, 15) is 22.4 Å². The zero-order valence-corrected chi connectivity index (χ0v) is 24.7. The standard InChI is InChI=1S/C28H32ClF4N5O2Si/c1-41(2,3)9-8-40-15-37-13-18(19(14-37)28(31,32)33)22-12-35-27(36-22)23-7-4-17-10-16(11-24(39)38(17)23)25-21(34)6-5-20(29)26(25)30/h5-6,11-14,17,23H,4,7-10,15,34H2,1-3H3,(H,35,36)/t17?,23-/m0/s1. The van der Waals surface area contributed by atoms with Gasteiger partial charge in [0.2, 0.25) is 5.91 Å². The highest BCUT2D eigenvalue weighted by atomic mass is 35.5. The Balaban J connectivity index is 1.37. The summed E-state index contributed by atoms with van der Waals surface area (Å²) in [6.45, 7) is 7.10. The van der Waals surface area contributed by atoms with Crippen LogP contribution in [-0.4, -0.2) is 46.1 Å². The van der Waals surface area contributed by atoms with E-state index in [1.165, 1.54) is 35.2 Å². The van der Waals surface area contributed by atoms with Crippen LogP contribution in [0.4, 0.5) is 23.2 Å². The van der Waals surface area contributed by atoms with Gasteiger partial charge < -0.3 is 24.9 Å². The molecular weight excluding hydrogens is 578 g/mol. The number of aromatic nitrogens is 3. The Hall–Kier alpha value is -3.09. The van der Waals surface area contributed by atoms with Crippen molar-refractivity contribution in [2.45, 2.75) is 69.9 Å². The Morgan fingerprint density at radius 2 is 1.98 bits per heavy atom. The Labute approximate surface area is 241 Å². The van der Waals surface area contributed by atoms with Gasteiger partial charge in [-0.25, -0.2) is 9.37 Å². The van der Waals surface area contributed by atoms with Gasteiger partial charge in [-0.1, -0.05) is 31.2 Å². The number of H-pyrrole nitrogens is 1. The van der Waals surface area contributed by atoms with Gasteiger partial charge in [0.1, 0.15) is 12.6 Å². The second-order valence-electron chi connectivity index (χ2n) is 11.8. The van der Waals surface area contributed by atoms with Crippen molar-refractivity contribution in [3.05, 3.63) is 64.6 Å². The molecule has 7 nitrogen and oxygen atoms in total. The van der Waals surface area contributed by atoms with E-state index in [1.54, 1.807) is 4.90 Å². The van der Waals surface area contributed by atoms with Crippen LogP contribution in [0.25, 0.3) is 16.8 Å². The Morgan fingerprint density at radius 1 is 1.22 bits per heavy atom. The van der Waals surface area contributed by atoms with Gasteiger partial charge in [-0.15, -0.1) is 0 Å². The number of benzene rings is 1. The number of imidazole rings is 1. The van der Waals surface area contributed by atoms with Gasteiger partial charge in [-0.2, -0.15) is 13.2 Å². The molecule has 1 saturated heterocycles. The summed E-state index contributed by atoms with van der Waals surface area (Å²) in [6, 6.07) is 3.09. The number of hydrogen-bond donors (Lipinski definition) is 2. The van der Waals surface area contributed by atoms with Gasteiger partial charge in [-0.05, 0) is 43.0 Å². The first-order valence-electron chi connectivity index (χ1n) is 13.4. The van der Waals surface area contributed by atoms with E-state index >= 15 is 0 Å². The number of aromatic amines is 1. The van der Waals surface area contributed by atoms with Crippen molar-refractivity contribution in [1.82, 2.24) is 19.4 Å². The third kappa shape index (κ3) is 6.09. The number of halogens is 5. The molecule has 1 aromatic carbocycles. The lowest BCUT2D eigenvalue weighted by atomic mass is 9.92. The van der Waals surface area contributed by atoms with Crippen LogP contribution in [0.15, 0.2) is 36.8 Å². The molecule has 0 radical (unpaired) electrons. The number of nitrogens with one attached hydrogen (secondary N) is 1. The number of hydrogen-bond acceptors (Lipinski definition) is 4. The molecule has 13 heteroatoms. The highest BCUT2D eigenvalue weighted by Gasteiger charge is 2.42. The SMILES string of the molecule is C[Si](C)(C)CCOCn1cc(-c2cnc([C@@H]3CCC4CC(c5c(N)ccc(Cl)c5F)=CC(=O)N43)[nH]2)c(C(F)(F)F)c1. The molecule has 1 fully saturated rings. The largest absolute Gasteiger partial charge is 0.418 e. The normalized spacial score (nSPS) is 19.6. The first-order chi connectivity index (χ1) is 19.2. The summed E-state index contributed by atoms with van der Waals surface area (Å²) in [4.78, 5) is 22.3. The minimum atomic E-state index is -4.58. The molecule has 2 aliphatic rings. The van der Waals surface area contributed by atoms with Crippen LogP contribution in [0.2, 0.25) is 30.7 Å². The summed E-state index contributed by atoms with van der Waals surface area (Å²) in [7, 11) is -1.33. The number of nitrogens with two attached hydrogens (primary N) is 1. The minimum Gasteiger partial charge on any atom is -0.398 e. The average Bonchev–Trinajstić information content (AvgIpc) is 3.61. The third-order valence-electron chi connectivity index (χ3n) is 7.58. The predicted octanol–water partition coefficient (Wildman–Crippen LogP) is 7.10. The maximum Gasteiger partial charge on any atom is 0.418 e. The van der Waals surface area contributed by atoms with E-state index in [2.05, 4.69) is 29.6 Å². The van der Waals surface area contributed by atoms with Crippen molar-refractivity contribution in [2.75, 3.05) is 12.3 Å². The average molecular weight is 610 g/mol. The second kappa shape index (κ2) is 11.0. The highest BCUT2D eigenvalue weighted by Crippen LogP contribution is 2.44. The van der Waals surface area contributed by atoms with Crippen molar-refractivity contribution < 1.29 is 27.1 Å². The van der Waals surface area contributed by atoms with Gasteiger partial charge in [0.15, 0.2) is 5.82 Å². The number of nitrogen functional groups attached to an aromatic ring is 1. The van der Waals surface area contributed by atoms with E-state index in [4.69, 9.17) is 22.1 Å². The summed E-state index contributed by atoms with van der Waals surface area (Å²) in [5.41, 5.74) is 6.16. The fourth-order valence-corrected chi connectivity index (χ4v) is 6.42. The molecule has 5 rings (SSSR count). The van der Waals surface area contributed by atoms with E-state index in [0.29, 0.717) is 37.3 Å². The van der Waals surface area contributed by atoms with Crippen LogP contribution in [0.1, 0.15) is 42.3 Å². The zero-order chi connectivity index (χ0) is 29.7. The van der Waals surface area contributed by atoms with Crippen LogP contribution < -0.4 is 5.73 Å². The lowest BCUT2D eigenvalue weighted by Gasteiger charge is -2.33. The summed E-state index contributed by atoms with van der Waals surface area (Å²) >= 11 is 5.95. The Kier molecular flexibility index (Phi) is 7.86. The molecular formula is C28H32ClF4N5O2Si. The maximum absolute atomic E-state index is 14.8. The molecule has 1 unspecified atom stereocenters. The Morgan fingerprint density at radius 3 is 2.68 bits per heavy atom. The van der Waals surface area contributed by atoms with Crippen molar-refractivity contribution >= 4 is 36.8 Å². The molecule has 0 spiro atoms. The summed E-state index contributed by atoms with van der Waals surface area (Å²) in [5, 5.41) is -0.0809. The lowest BCUT2D eigenvalue weighted by Crippen LogP contribution is -2.39. The van der Waals surface area contributed by atoms with E-state index in [1.807, 2.05) is 0 Å². The van der Waals surface area contributed by atoms with Gasteiger partial charge in [0.05, 0.1) is 28.5 Å². The number of rotatable bonds is 8. The quantitative estimate of drug-likeness (QED) is 0.123. The highest BCUT2D eigenvalue weighted by molar-refractivity contribution is 6.76. The van der Waals surface area contributed by atoms with Crippen LogP contribution in [0.3, 0.4) is 0 Å². The van der Waals surface area contributed by atoms with Gasteiger partial charge in [-0.3, -0.25) is 4.79 Å². The van der Waals surface area contributed by atoms with E-state index in [0.717, 1.165) is 12.2 Å². The monoisotopic (exact) mass is 609 g/mol. The molecule has 4 heterocycles. The van der Waals surface area contributed by atoms with Crippen molar-refractivity contribution in [3.63, 3.8) is 0 Å². The number of carbonyl (C=O) groups is 1. The molecule has 2 atom stereocenters. The topological polar surface area (TPSA) is 89.2 Å². The molecule has 0 bridgehead atoms. The summed E-state index contributed by atoms with van der Waals surface area (Å²) in [6.07, 6.45) is 2.12. The summed E-state index contributed by atoms with van der Waals surface area (Å²) in [5.74, 6) is -0.611. The second-order valence-corrected chi connectivity index (χ2v) is 17.8. The first-order valence-corrected chi connectivity index (χ1v) is 17.5. The van der Waals surface area contributed by atoms with Crippen molar-refractivity contribution in [2.24, 2.45) is 0 Å². The fourth-order valence-electron chi connectivity index (χ4n) is 5.50. The zero-order valence-electron chi connectivity index (χ0n) is 23.0. The predicted molar refractivity (Wildman–Crippen MR) is 152 cm³/mol. The Bertz CT molecular complexity index is 1490. The molecule has 3 aromatic rings. The molecule has 220 valence electrons. The number of ether oxygens (including phenoxy) is 1. The lowest BCUT2D eigenvalue weighted by molar-refractivity contribution is -0.137. The minimum absolute atomic E-state index is 0.00748. The number of amides is 1. The molecule has 41 heavy (non-hydrogen) atoms. The van der Waals surface area contributed by atoms with Crippen molar-refractivity contribution in [3.8, 4) is 11.3 Å². The van der Waals surface area contributed by atoms with Crippen LogP contribution in [0, 0.1) is 5.82 Å². The molecule has 3 N–H and O–H groups in total. The van der Waals surface area contributed by atoms with Gasteiger partial charge in [0, 0.05) is 56.0 Å². The molecule has 1 amide bonds. The summed E-state index contributed by atoms with van der Waals surface area (Å²) < 4.78 is 63.7. The van der Waals surface area contributed by atoms with E-state index in [-0.39, 0.29) is 46.2 Å². The number of fused-ring (bicyclic) bond motifs is 1. The maximum atomic E-state index is 14.8. The number of alkyl halides is 3. The fraction of sp³-hybridized carbons (Fsp3) is 0.429. The van der Waals surface area contributed by atoms with Crippen LogP contribution in [0.5, 0.6) is 0 Å². The smallest absolute Gasteiger partial charge is 0.398 e.